The average molecular weight is 318 g/mol. The lowest BCUT2D eigenvalue weighted by Crippen LogP contribution is -2.49. The summed E-state index contributed by atoms with van der Waals surface area (Å²) < 4.78 is 10.3. The summed E-state index contributed by atoms with van der Waals surface area (Å²) in [6.45, 7) is 0. The first kappa shape index (κ1) is 15.8. The summed E-state index contributed by atoms with van der Waals surface area (Å²) >= 11 is 0. The molecule has 3 atom stereocenters. The summed E-state index contributed by atoms with van der Waals surface area (Å²) in [4.78, 5) is 24.5. The second kappa shape index (κ2) is 5.87. The molecule has 0 aromatic heterocycles. The van der Waals surface area contributed by atoms with Crippen molar-refractivity contribution in [1.82, 2.24) is 0 Å². The van der Waals surface area contributed by atoms with Gasteiger partial charge in [0.15, 0.2) is 0 Å². The molecular formula is C18H22O5. The second-order valence-corrected chi connectivity index (χ2v) is 6.48. The highest BCUT2D eigenvalue weighted by Crippen LogP contribution is 2.54. The van der Waals surface area contributed by atoms with Gasteiger partial charge in [0.1, 0.15) is 5.75 Å². The lowest BCUT2D eigenvalue weighted by atomic mass is 9.55. The zero-order valence-electron chi connectivity index (χ0n) is 13.5. The van der Waals surface area contributed by atoms with Gasteiger partial charge in [0, 0.05) is 0 Å². The largest absolute Gasteiger partial charge is 0.497 e. The van der Waals surface area contributed by atoms with Crippen LogP contribution in [-0.4, -0.2) is 31.3 Å². The quantitative estimate of drug-likeness (QED) is 0.868. The number of hydrogen-bond acceptors (Lipinski definition) is 4. The molecule has 0 radical (unpaired) electrons. The molecule has 0 heterocycles. The first-order valence-electron chi connectivity index (χ1n) is 8.04. The summed E-state index contributed by atoms with van der Waals surface area (Å²) in [6, 6.07) is 5.41. The average Bonchev–Trinajstić information content (AvgIpc) is 2.59. The molecule has 23 heavy (non-hydrogen) atoms. The predicted octanol–water partition coefficient (Wildman–Crippen LogP) is 2.87. The molecule has 0 spiro atoms. The fourth-order valence-electron chi connectivity index (χ4n) is 4.44. The zero-order valence-corrected chi connectivity index (χ0v) is 13.5. The standard InChI is InChI=1S/C18H22O5/c1-22-12-6-7-13-14(16(19)23-2)9-11-5-3-4-8-18(11,17(20)21)15(13)10-12/h6-7,10-11,14H,3-5,8-9H2,1-2H3,(H,20,21). The maximum Gasteiger partial charge on any atom is 0.314 e. The topological polar surface area (TPSA) is 72.8 Å². The molecule has 1 fully saturated rings. The number of rotatable bonds is 3. The molecule has 2 aliphatic carbocycles. The number of fused-ring (bicyclic) bond motifs is 3. The van der Waals surface area contributed by atoms with Crippen molar-refractivity contribution in [2.24, 2.45) is 5.92 Å². The van der Waals surface area contributed by atoms with Crippen molar-refractivity contribution in [2.75, 3.05) is 14.2 Å². The summed E-state index contributed by atoms with van der Waals surface area (Å²) in [7, 11) is 2.94. The Hall–Kier alpha value is -2.04. The van der Waals surface area contributed by atoms with Crippen LogP contribution in [0, 0.1) is 5.92 Å². The Morgan fingerprint density at radius 1 is 1.26 bits per heavy atom. The van der Waals surface area contributed by atoms with E-state index in [1.165, 1.54) is 7.11 Å². The van der Waals surface area contributed by atoms with Crippen molar-refractivity contribution in [3.63, 3.8) is 0 Å². The van der Waals surface area contributed by atoms with E-state index in [2.05, 4.69) is 0 Å². The summed E-state index contributed by atoms with van der Waals surface area (Å²) in [6.07, 6.45) is 3.88. The third-order valence-electron chi connectivity index (χ3n) is 5.57. The number of methoxy groups -OCH3 is 2. The summed E-state index contributed by atoms with van der Waals surface area (Å²) in [5, 5.41) is 10.1. The normalized spacial score (nSPS) is 29.1. The number of carboxylic acids is 1. The van der Waals surface area contributed by atoms with E-state index in [1.807, 2.05) is 6.07 Å². The molecule has 3 rings (SSSR count). The molecule has 1 N–H and O–H groups in total. The number of carbonyl (C=O) groups excluding carboxylic acids is 1. The van der Waals surface area contributed by atoms with Crippen LogP contribution in [0.4, 0.5) is 0 Å². The van der Waals surface area contributed by atoms with E-state index in [0.717, 1.165) is 30.4 Å². The van der Waals surface area contributed by atoms with E-state index in [-0.39, 0.29) is 11.9 Å². The van der Waals surface area contributed by atoms with Crippen LogP contribution in [-0.2, 0) is 19.7 Å². The number of benzene rings is 1. The van der Waals surface area contributed by atoms with Crippen LogP contribution in [0.2, 0.25) is 0 Å². The van der Waals surface area contributed by atoms with Gasteiger partial charge in [-0.3, -0.25) is 9.59 Å². The van der Waals surface area contributed by atoms with Gasteiger partial charge in [-0.2, -0.15) is 0 Å². The van der Waals surface area contributed by atoms with Gasteiger partial charge in [-0.15, -0.1) is 0 Å². The van der Waals surface area contributed by atoms with Crippen LogP contribution in [0.25, 0.3) is 0 Å². The number of aliphatic carboxylic acids is 1. The highest BCUT2D eigenvalue weighted by molar-refractivity contribution is 5.87. The lowest BCUT2D eigenvalue weighted by molar-refractivity contribution is -0.151. The van der Waals surface area contributed by atoms with Gasteiger partial charge in [0.05, 0.1) is 25.6 Å². The van der Waals surface area contributed by atoms with Crippen LogP contribution in [0.5, 0.6) is 5.75 Å². The molecule has 1 aromatic carbocycles. The fraction of sp³-hybridized carbons (Fsp3) is 0.556. The van der Waals surface area contributed by atoms with Gasteiger partial charge in [0.2, 0.25) is 0 Å². The third-order valence-corrected chi connectivity index (χ3v) is 5.57. The van der Waals surface area contributed by atoms with Gasteiger partial charge in [0.25, 0.3) is 0 Å². The van der Waals surface area contributed by atoms with Crippen LogP contribution >= 0.6 is 0 Å². The fourth-order valence-corrected chi connectivity index (χ4v) is 4.44. The number of hydrogen-bond donors (Lipinski definition) is 1. The Morgan fingerprint density at radius 3 is 2.70 bits per heavy atom. The van der Waals surface area contributed by atoms with Crippen LogP contribution in [0.3, 0.4) is 0 Å². The summed E-state index contributed by atoms with van der Waals surface area (Å²) in [5.41, 5.74) is 0.598. The Bertz CT molecular complexity index is 638. The Morgan fingerprint density at radius 2 is 2.04 bits per heavy atom. The molecule has 1 saturated carbocycles. The molecule has 0 aliphatic heterocycles. The molecule has 0 saturated heterocycles. The zero-order chi connectivity index (χ0) is 16.6. The second-order valence-electron chi connectivity index (χ2n) is 6.48. The minimum Gasteiger partial charge on any atom is -0.497 e. The Labute approximate surface area is 135 Å². The number of ether oxygens (including phenoxy) is 2. The van der Waals surface area contributed by atoms with Crippen LogP contribution in [0.15, 0.2) is 18.2 Å². The van der Waals surface area contributed by atoms with Gasteiger partial charge < -0.3 is 14.6 Å². The van der Waals surface area contributed by atoms with Crippen molar-refractivity contribution < 1.29 is 24.2 Å². The molecule has 5 nitrogen and oxygen atoms in total. The Balaban J connectivity index is 2.22. The smallest absolute Gasteiger partial charge is 0.314 e. The van der Waals surface area contributed by atoms with Crippen molar-refractivity contribution in [2.45, 2.75) is 43.4 Å². The van der Waals surface area contributed by atoms with E-state index >= 15 is 0 Å². The molecule has 0 bridgehead atoms. The minimum atomic E-state index is -0.910. The van der Waals surface area contributed by atoms with Gasteiger partial charge in [-0.25, -0.2) is 0 Å². The lowest BCUT2D eigenvalue weighted by Gasteiger charge is -2.47. The predicted molar refractivity (Wildman–Crippen MR) is 83.6 cm³/mol. The van der Waals surface area contributed by atoms with E-state index in [1.54, 1.807) is 19.2 Å². The maximum absolute atomic E-state index is 12.3. The monoisotopic (exact) mass is 318 g/mol. The van der Waals surface area contributed by atoms with Crippen molar-refractivity contribution in [3.8, 4) is 5.75 Å². The molecular weight excluding hydrogens is 296 g/mol. The van der Waals surface area contributed by atoms with E-state index in [9.17, 15) is 14.7 Å². The van der Waals surface area contributed by atoms with Crippen molar-refractivity contribution >= 4 is 11.9 Å². The first-order valence-corrected chi connectivity index (χ1v) is 8.04. The van der Waals surface area contributed by atoms with E-state index < -0.39 is 17.3 Å². The molecule has 5 heteroatoms. The number of carboxylic acid groups (broad SMARTS) is 1. The maximum atomic E-state index is 12.3. The summed E-state index contributed by atoms with van der Waals surface area (Å²) in [5.74, 6) is -0.894. The molecule has 3 unspecified atom stereocenters. The molecule has 2 aliphatic rings. The van der Waals surface area contributed by atoms with Crippen molar-refractivity contribution in [3.05, 3.63) is 29.3 Å². The van der Waals surface area contributed by atoms with Crippen LogP contribution < -0.4 is 4.74 Å². The van der Waals surface area contributed by atoms with Crippen molar-refractivity contribution in [1.29, 1.82) is 0 Å². The first-order chi connectivity index (χ1) is 11.0. The van der Waals surface area contributed by atoms with Crippen LogP contribution in [0.1, 0.15) is 49.1 Å². The van der Waals surface area contributed by atoms with E-state index in [0.29, 0.717) is 18.6 Å². The Kier molecular flexibility index (Phi) is 4.04. The third kappa shape index (κ3) is 2.30. The number of esters is 1. The molecule has 0 amide bonds. The van der Waals surface area contributed by atoms with Gasteiger partial charge in [-0.05, 0) is 48.4 Å². The molecule has 124 valence electrons. The number of carbonyl (C=O) groups is 2. The highest BCUT2D eigenvalue weighted by atomic mass is 16.5. The minimum absolute atomic E-state index is 0.0440. The SMILES string of the molecule is COC(=O)C1CC2CCCCC2(C(=O)O)c2cc(OC)ccc21. The van der Waals surface area contributed by atoms with Gasteiger partial charge in [-0.1, -0.05) is 18.9 Å². The molecule has 1 aromatic rings. The van der Waals surface area contributed by atoms with E-state index in [4.69, 9.17) is 9.47 Å². The van der Waals surface area contributed by atoms with Gasteiger partial charge >= 0.3 is 11.9 Å². The highest BCUT2D eigenvalue weighted by Gasteiger charge is 2.54.